The largest absolute Gasteiger partial charge is 0.467 e. The molecule has 37 heavy (non-hydrogen) atoms. The van der Waals surface area contributed by atoms with Crippen LogP contribution in [-0.4, -0.2) is 59.0 Å². The van der Waals surface area contributed by atoms with E-state index in [9.17, 15) is 14.4 Å². The van der Waals surface area contributed by atoms with E-state index in [2.05, 4.69) is 5.32 Å². The number of aryl methyl sites for hydroxylation is 1. The smallest absolute Gasteiger partial charge is 0.257 e. The lowest BCUT2D eigenvalue weighted by molar-refractivity contribution is -0.128. The van der Waals surface area contributed by atoms with Crippen molar-refractivity contribution >= 4 is 29.3 Å². The predicted octanol–water partition coefficient (Wildman–Crippen LogP) is 4.03. The molecule has 1 spiro atoms. The molecule has 1 N–H and O–H groups in total. The van der Waals surface area contributed by atoms with Crippen LogP contribution in [0, 0.1) is 6.92 Å². The molecule has 3 amide bonds. The molecule has 8 nitrogen and oxygen atoms in total. The highest BCUT2D eigenvalue weighted by Gasteiger charge is 2.54. The molecule has 1 atom stereocenters. The Morgan fingerprint density at radius 2 is 1.73 bits per heavy atom. The number of furan rings is 1. The fourth-order valence-corrected chi connectivity index (χ4v) is 5.17. The first-order valence-electron chi connectivity index (χ1n) is 12.3. The number of halogens is 1. The molecule has 2 aliphatic rings. The van der Waals surface area contributed by atoms with E-state index in [1.807, 2.05) is 25.1 Å². The van der Waals surface area contributed by atoms with Crippen LogP contribution in [0.2, 0.25) is 5.02 Å². The quantitative estimate of drug-likeness (QED) is 0.547. The number of nitrogens with zero attached hydrogens (tertiary/aromatic N) is 2. The Morgan fingerprint density at radius 3 is 2.41 bits per heavy atom. The van der Waals surface area contributed by atoms with E-state index < -0.39 is 11.8 Å². The van der Waals surface area contributed by atoms with Crippen LogP contribution < -0.4 is 5.32 Å². The number of nitrogens with one attached hydrogen (secondary N) is 1. The van der Waals surface area contributed by atoms with Gasteiger partial charge in [-0.25, -0.2) is 0 Å². The molecule has 0 saturated carbocycles. The van der Waals surface area contributed by atoms with Gasteiger partial charge in [0.1, 0.15) is 17.5 Å². The summed E-state index contributed by atoms with van der Waals surface area (Å²) in [5, 5.41) is 3.44. The van der Waals surface area contributed by atoms with Gasteiger partial charge in [0.2, 0.25) is 5.91 Å². The van der Waals surface area contributed by atoms with Crippen molar-refractivity contribution < 1.29 is 23.5 Å². The zero-order chi connectivity index (χ0) is 26.0. The number of carbonyl (C=O) groups is 3. The molecular formula is C28H28ClN3O5. The van der Waals surface area contributed by atoms with Gasteiger partial charge in [-0.3, -0.25) is 19.3 Å². The van der Waals surface area contributed by atoms with E-state index in [0.29, 0.717) is 47.8 Å². The highest BCUT2D eigenvalue weighted by molar-refractivity contribution is 6.30. The highest BCUT2D eigenvalue weighted by atomic mass is 35.5. The van der Waals surface area contributed by atoms with Gasteiger partial charge in [0, 0.05) is 42.1 Å². The third-order valence-corrected chi connectivity index (χ3v) is 7.35. The summed E-state index contributed by atoms with van der Waals surface area (Å²) < 4.78 is 11.6. The lowest BCUT2D eigenvalue weighted by Crippen LogP contribution is -2.59. The van der Waals surface area contributed by atoms with Crippen molar-refractivity contribution in [3.8, 4) is 0 Å². The van der Waals surface area contributed by atoms with E-state index in [4.69, 9.17) is 20.8 Å². The Hall–Kier alpha value is -3.62. The standard InChI is InChI=1S/C28H28ClN3O5/c1-19-5-2-3-7-23(19)27(35)32-24(25(33)30-17-22-6-4-16-36-22)18-37-28(32)12-14-31(15-13-28)26(34)20-8-10-21(29)11-9-20/h2-11,16,24H,12-15,17-18H2,1H3,(H,30,33)/t24-/m0/s1. The molecule has 3 heterocycles. The lowest BCUT2D eigenvalue weighted by Gasteiger charge is -2.44. The number of hydrogen-bond acceptors (Lipinski definition) is 5. The van der Waals surface area contributed by atoms with Gasteiger partial charge in [-0.05, 0) is 55.0 Å². The van der Waals surface area contributed by atoms with Gasteiger partial charge >= 0.3 is 0 Å². The van der Waals surface area contributed by atoms with Crippen molar-refractivity contribution in [3.05, 3.63) is 94.4 Å². The fourth-order valence-electron chi connectivity index (χ4n) is 5.05. The summed E-state index contributed by atoms with van der Waals surface area (Å²) in [5.74, 6) is -0.0529. The van der Waals surface area contributed by atoms with Gasteiger partial charge in [0.25, 0.3) is 11.8 Å². The van der Waals surface area contributed by atoms with Crippen LogP contribution in [0.15, 0.2) is 71.3 Å². The maximum Gasteiger partial charge on any atom is 0.257 e. The summed E-state index contributed by atoms with van der Waals surface area (Å²) in [5.41, 5.74) is 0.911. The third kappa shape index (κ3) is 4.99. The molecule has 2 aliphatic heterocycles. The number of likely N-dealkylation sites (tertiary alicyclic amines) is 1. The number of piperidine rings is 1. The van der Waals surface area contributed by atoms with Gasteiger partial charge in [0.15, 0.2) is 0 Å². The summed E-state index contributed by atoms with van der Waals surface area (Å²) >= 11 is 5.97. The molecule has 2 fully saturated rings. The molecule has 0 bridgehead atoms. The maximum atomic E-state index is 13.9. The minimum absolute atomic E-state index is 0.0761. The Bertz CT molecular complexity index is 1280. The van der Waals surface area contributed by atoms with E-state index in [-0.39, 0.29) is 30.9 Å². The zero-order valence-corrected chi connectivity index (χ0v) is 21.2. The zero-order valence-electron chi connectivity index (χ0n) is 20.5. The van der Waals surface area contributed by atoms with Gasteiger partial charge in [0.05, 0.1) is 19.4 Å². The molecule has 1 aromatic heterocycles. The second-order valence-corrected chi connectivity index (χ2v) is 9.80. The molecule has 2 aromatic carbocycles. The molecule has 3 aromatic rings. The average molecular weight is 522 g/mol. The summed E-state index contributed by atoms with van der Waals surface area (Å²) in [6.07, 6.45) is 2.33. The van der Waals surface area contributed by atoms with Crippen molar-refractivity contribution in [2.75, 3.05) is 19.7 Å². The van der Waals surface area contributed by atoms with E-state index >= 15 is 0 Å². The van der Waals surface area contributed by atoms with Gasteiger partial charge in [-0.1, -0.05) is 29.8 Å². The topological polar surface area (TPSA) is 92.1 Å². The number of hydrogen-bond donors (Lipinski definition) is 1. The SMILES string of the molecule is Cc1ccccc1C(=O)N1[C@H](C(=O)NCc2ccco2)COC12CCN(C(=O)c1ccc(Cl)cc1)CC2. The highest BCUT2D eigenvalue weighted by Crippen LogP contribution is 2.39. The second kappa shape index (κ2) is 10.4. The minimum atomic E-state index is -0.983. The number of carbonyl (C=O) groups excluding carboxylic acids is 3. The molecule has 2 saturated heterocycles. The molecule has 192 valence electrons. The Balaban J connectivity index is 1.37. The van der Waals surface area contributed by atoms with Crippen LogP contribution in [-0.2, 0) is 16.1 Å². The second-order valence-electron chi connectivity index (χ2n) is 9.36. The van der Waals surface area contributed by atoms with Crippen LogP contribution >= 0.6 is 11.6 Å². The number of amides is 3. The number of rotatable bonds is 5. The normalized spacial score (nSPS) is 18.7. The van der Waals surface area contributed by atoms with Gasteiger partial charge < -0.3 is 19.4 Å². The maximum absolute atomic E-state index is 13.9. The first kappa shape index (κ1) is 25.0. The summed E-state index contributed by atoms with van der Waals surface area (Å²) in [7, 11) is 0. The molecule has 0 unspecified atom stereocenters. The van der Waals surface area contributed by atoms with Crippen molar-refractivity contribution in [1.29, 1.82) is 0 Å². The lowest BCUT2D eigenvalue weighted by atomic mass is 9.95. The first-order valence-corrected chi connectivity index (χ1v) is 12.6. The van der Waals surface area contributed by atoms with E-state index in [1.54, 1.807) is 58.5 Å². The summed E-state index contributed by atoms with van der Waals surface area (Å²) in [6, 6.07) is 16.8. The third-order valence-electron chi connectivity index (χ3n) is 7.10. The molecule has 9 heteroatoms. The van der Waals surface area contributed by atoms with E-state index in [1.165, 1.54) is 0 Å². The van der Waals surface area contributed by atoms with Crippen molar-refractivity contribution in [1.82, 2.24) is 15.1 Å². The van der Waals surface area contributed by atoms with E-state index in [0.717, 1.165) is 5.56 Å². The average Bonchev–Trinajstić information content (AvgIpc) is 3.56. The van der Waals surface area contributed by atoms with Crippen LogP contribution in [0.4, 0.5) is 0 Å². The Labute approximate surface area is 220 Å². The van der Waals surface area contributed by atoms with Crippen LogP contribution in [0.25, 0.3) is 0 Å². The van der Waals surface area contributed by atoms with Crippen LogP contribution in [0.5, 0.6) is 0 Å². The van der Waals surface area contributed by atoms with Crippen LogP contribution in [0.3, 0.4) is 0 Å². The molecule has 5 rings (SSSR count). The summed E-state index contributed by atoms with van der Waals surface area (Å²) in [6.45, 7) is 2.94. The van der Waals surface area contributed by atoms with Crippen molar-refractivity contribution in [2.45, 2.75) is 38.1 Å². The van der Waals surface area contributed by atoms with Crippen molar-refractivity contribution in [2.24, 2.45) is 0 Å². The van der Waals surface area contributed by atoms with Gasteiger partial charge in [-0.2, -0.15) is 0 Å². The Kier molecular flexibility index (Phi) is 7.04. The minimum Gasteiger partial charge on any atom is -0.467 e. The summed E-state index contributed by atoms with van der Waals surface area (Å²) in [4.78, 5) is 43.6. The molecule has 0 aliphatic carbocycles. The molecular weight excluding hydrogens is 494 g/mol. The fraction of sp³-hybridized carbons (Fsp3) is 0.321. The first-order chi connectivity index (χ1) is 17.9. The van der Waals surface area contributed by atoms with Gasteiger partial charge in [-0.15, -0.1) is 0 Å². The number of ether oxygens (including phenoxy) is 1. The monoisotopic (exact) mass is 521 g/mol. The van der Waals surface area contributed by atoms with Crippen LogP contribution in [0.1, 0.15) is 44.9 Å². The number of benzene rings is 2. The van der Waals surface area contributed by atoms with Crippen molar-refractivity contribution in [3.63, 3.8) is 0 Å². The molecule has 0 radical (unpaired) electrons. The Morgan fingerprint density at radius 1 is 1.00 bits per heavy atom. The predicted molar refractivity (Wildman–Crippen MR) is 137 cm³/mol.